The van der Waals surface area contributed by atoms with E-state index in [2.05, 4.69) is 32.9 Å². The predicted molar refractivity (Wildman–Crippen MR) is 69.2 cm³/mol. The van der Waals surface area contributed by atoms with Crippen LogP contribution in [0.25, 0.3) is 0 Å². The molecule has 3 N–H and O–H groups in total. The number of carbonyl (C=O) groups is 1. The van der Waals surface area contributed by atoms with Gasteiger partial charge in [0.1, 0.15) is 6.04 Å². The smallest absolute Gasteiger partial charge is 0.320 e. The lowest BCUT2D eigenvalue weighted by atomic mass is 9.85. The van der Waals surface area contributed by atoms with Crippen molar-refractivity contribution in [3.05, 3.63) is 34.9 Å². The number of carboxylic acid groups (broad SMARTS) is 1. The van der Waals surface area contributed by atoms with Crippen LogP contribution < -0.4 is 5.73 Å². The second-order valence-electron chi connectivity index (χ2n) is 4.59. The highest BCUT2D eigenvalue weighted by Gasteiger charge is 2.21. The van der Waals surface area contributed by atoms with Gasteiger partial charge in [0, 0.05) is 0 Å². The molecule has 0 aliphatic carbocycles. The lowest BCUT2D eigenvalue weighted by Crippen LogP contribution is -2.32. The summed E-state index contributed by atoms with van der Waals surface area (Å²) in [5, 5.41) is 8.89. The fourth-order valence-corrected chi connectivity index (χ4v) is 2.37. The first kappa shape index (κ1) is 13.7. The van der Waals surface area contributed by atoms with E-state index in [1.807, 2.05) is 6.07 Å². The third kappa shape index (κ3) is 3.30. The summed E-state index contributed by atoms with van der Waals surface area (Å²) in [6.45, 7) is 6.21. The van der Waals surface area contributed by atoms with Crippen molar-refractivity contribution in [3.8, 4) is 0 Å². The maximum absolute atomic E-state index is 10.8. The summed E-state index contributed by atoms with van der Waals surface area (Å²) in [6.07, 6.45) is 1.41. The minimum atomic E-state index is -0.922. The van der Waals surface area contributed by atoms with Gasteiger partial charge in [0.25, 0.3) is 0 Å². The lowest BCUT2D eigenvalue weighted by Gasteiger charge is -2.21. The van der Waals surface area contributed by atoms with Crippen LogP contribution in [0, 0.1) is 13.8 Å². The third-order valence-corrected chi connectivity index (χ3v) is 3.30. The van der Waals surface area contributed by atoms with Gasteiger partial charge >= 0.3 is 5.97 Å². The zero-order valence-electron chi connectivity index (χ0n) is 10.7. The van der Waals surface area contributed by atoms with E-state index in [1.54, 1.807) is 0 Å². The number of carboxylic acids is 1. The van der Waals surface area contributed by atoms with Crippen LogP contribution >= 0.6 is 0 Å². The van der Waals surface area contributed by atoms with Gasteiger partial charge in [-0.15, -0.1) is 0 Å². The molecule has 0 aliphatic heterocycles. The molecule has 2 atom stereocenters. The minimum absolute atomic E-state index is 0.224. The second-order valence-corrected chi connectivity index (χ2v) is 4.59. The van der Waals surface area contributed by atoms with Crippen LogP contribution in [0.5, 0.6) is 0 Å². The predicted octanol–water partition coefficient (Wildman–Crippen LogP) is 2.60. The van der Waals surface area contributed by atoms with E-state index in [1.165, 1.54) is 16.7 Å². The van der Waals surface area contributed by atoms with Gasteiger partial charge in [0.15, 0.2) is 0 Å². The van der Waals surface area contributed by atoms with E-state index in [9.17, 15) is 4.79 Å². The summed E-state index contributed by atoms with van der Waals surface area (Å²) in [5.74, 6) is -0.697. The van der Waals surface area contributed by atoms with Crippen molar-refractivity contribution in [2.24, 2.45) is 5.73 Å². The number of aryl methyl sites for hydroxylation is 2. The van der Waals surface area contributed by atoms with Crippen molar-refractivity contribution in [1.82, 2.24) is 0 Å². The van der Waals surface area contributed by atoms with Crippen LogP contribution in [-0.4, -0.2) is 17.1 Å². The maximum atomic E-state index is 10.8. The molecule has 3 heteroatoms. The molecule has 0 aliphatic rings. The molecule has 0 aromatic heterocycles. The van der Waals surface area contributed by atoms with Gasteiger partial charge in [-0.3, -0.25) is 4.79 Å². The summed E-state index contributed by atoms with van der Waals surface area (Å²) < 4.78 is 0. The molecule has 0 radical (unpaired) electrons. The van der Waals surface area contributed by atoms with E-state index in [4.69, 9.17) is 10.8 Å². The highest BCUT2D eigenvalue weighted by atomic mass is 16.4. The maximum Gasteiger partial charge on any atom is 0.320 e. The number of rotatable bonds is 5. The summed E-state index contributed by atoms with van der Waals surface area (Å²) in [7, 11) is 0. The minimum Gasteiger partial charge on any atom is -0.480 e. The summed E-state index contributed by atoms with van der Waals surface area (Å²) >= 11 is 0. The van der Waals surface area contributed by atoms with Crippen molar-refractivity contribution in [2.45, 2.75) is 45.6 Å². The summed E-state index contributed by atoms with van der Waals surface area (Å²) in [6, 6.07) is 5.38. The average Bonchev–Trinajstić information content (AvgIpc) is 2.26. The van der Waals surface area contributed by atoms with Crippen molar-refractivity contribution in [2.75, 3.05) is 0 Å². The fourth-order valence-electron chi connectivity index (χ4n) is 2.37. The molecule has 0 spiro atoms. The third-order valence-electron chi connectivity index (χ3n) is 3.30. The molecule has 1 aromatic rings. The molecule has 2 unspecified atom stereocenters. The van der Waals surface area contributed by atoms with Gasteiger partial charge in [-0.2, -0.15) is 0 Å². The molecular formula is C14H21NO2. The van der Waals surface area contributed by atoms with Gasteiger partial charge in [0.2, 0.25) is 0 Å². The first-order chi connectivity index (χ1) is 7.97. The first-order valence-electron chi connectivity index (χ1n) is 6.01. The normalized spacial score (nSPS) is 14.4. The summed E-state index contributed by atoms with van der Waals surface area (Å²) in [5.41, 5.74) is 9.32. The van der Waals surface area contributed by atoms with Crippen molar-refractivity contribution in [3.63, 3.8) is 0 Å². The Hall–Kier alpha value is -1.35. The Bertz CT molecular complexity index is 381. The molecule has 17 heavy (non-hydrogen) atoms. The Balaban J connectivity index is 2.98. The zero-order chi connectivity index (χ0) is 13.0. The fraction of sp³-hybridized carbons (Fsp3) is 0.500. The van der Waals surface area contributed by atoms with E-state index in [-0.39, 0.29) is 5.92 Å². The molecule has 94 valence electrons. The Morgan fingerprint density at radius 3 is 2.29 bits per heavy atom. The highest BCUT2D eigenvalue weighted by molar-refractivity contribution is 5.73. The Labute approximate surface area is 103 Å². The van der Waals surface area contributed by atoms with E-state index >= 15 is 0 Å². The highest BCUT2D eigenvalue weighted by Crippen LogP contribution is 2.29. The molecular weight excluding hydrogens is 214 g/mol. The van der Waals surface area contributed by atoms with E-state index in [0.29, 0.717) is 6.42 Å². The monoisotopic (exact) mass is 235 g/mol. The zero-order valence-corrected chi connectivity index (χ0v) is 10.7. The molecule has 0 amide bonds. The van der Waals surface area contributed by atoms with Crippen molar-refractivity contribution < 1.29 is 9.90 Å². The van der Waals surface area contributed by atoms with Crippen LogP contribution in [-0.2, 0) is 4.79 Å². The molecule has 0 saturated heterocycles. The number of nitrogens with two attached hydrogens (primary N) is 1. The van der Waals surface area contributed by atoms with Gasteiger partial charge in [0.05, 0.1) is 0 Å². The Morgan fingerprint density at radius 1 is 1.35 bits per heavy atom. The molecule has 0 fully saturated rings. The molecule has 3 nitrogen and oxygen atoms in total. The Kier molecular flexibility index (Phi) is 4.70. The van der Waals surface area contributed by atoms with Gasteiger partial charge < -0.3 is 10.8 Å². The quantitative estimate of drug-likeness (QED) is 0.824. The van der Waals surface area contributed by atoms with Gasteiger partial charge in [-0.1, -0.05) is 25.1 Å². The Morgan fingerprint density at radius 2 is 1.88 bits per heavy atom. The van der Waals surface area contributed by atoms with Crippen LogP contribution in [0.3, 0.4) is 0 Å². The lowest BCUT2D eigenvalue weighted by molar-refractivity contribution is -0.138. The molecule has 1 aromatic carbocycles. The van der Waals surface area contributed by atoms with Crippen LogP contribution in [0.1, 0.15) is 42.4 Å². The second kappa shape index (κ2) is 5.82. The first-order valence-corrected chi connectivity index (χ1v) is 6.01. The van der Waals surface area contributed by atoms with Crippen LogP contribution in [0.2, 0.25) is 0 Å². The topological polar surface area (TPSA) is 63.3 Å². The average molecular weight is 235 g/mol. The van der Waals surface area contributed by atoms with Crippen molar-refractivity contribution >= 4 is 5.97 Å². The van der Waals surface area contributed by atoms with E-state index in [0.717, 1.165) is 6.42 Å². The van der Waals surface area contributed by atoms with Crippen LogP contribution in [0.15, 0.2) is 18.2 Å². The van der Waals surface area contributed by atoms with Gasteiger partial charge in [-0.05, 0) is 49.3 Å². The van der Waals surface area contributed by atoms with E-state index < -0.39 is 12.0 Å². The molecule has 0 saturated carbocycles. The number of aliphatic carboxylic acids is 1. The number of benzene rings is 1. The van der Waals surface area contributed by atoms with Crippen LogP contribution in [0.4, 0.5) is 0 Å². The van der Waals surface area contributed by atoms with Gasteiger partial charge in [-0.25, -0.2) is 0 Å². The molecule has 0 bridgehead atoms. The molecule has 1 rings (SSSR count). The summed E-state index contributed by atoms with van der Waals surface area (Å²) in [4.78, 5) is 10.8. The SMILES string of the molecule is CCC(CC(N)C(=O)O)c1c(C)cccc1C. The molecule has 0 heterocycles. The number of hydrogen-bond donors (Lipinski definition) is 2. The standard InChI is InChI=1S/C14H21NO2/c1-4-11(8-12(15)14(16)17)13-9(2)6-5-7-10(13)3/h5-7,11-12H,4,8,15H2,1-3H3,(H,16,17). The largest absolute Gasteiger partial charge is 0.480 e. The number of hydrogen-bond acceptors (Lipinski definition) is 2. The van der Waals surface area contributed by atoms with Crippen molar-refractivity contribution in [1.29, 1.82) is 0 Å².